The number of likely N-dealkylation sites (N-methyl/N-ethyl adjacent to an activating group) is 1. The van der Waals surface area contributed by atoms with E-state index in [0.29, 0.717) is 25.7 Å². The molecular formula is C24H36N4O3. The van der Waals surface area contributed by atoms with Crippen LogP contribution in [-0.4, -0.2) is 58.4 Å². The SMILES string of the molecule is CCN(CC)CCOc1ccccc1CNC(=NC)NCc1ccc(OC)cc1OC. The van der Waals surface area contributed by atoms with Crippen LogP contribution in [0.15, 0.2) is 47.5 Å². The third kappa shape index (κ3) is 7.68. The summed E-state index contributed by atoms with van der Waals surface area (Å²) in [6.45, 7) is 9.18. The highest BCUT2D eigenvalue weighted by Gasteiger charge is 2.08. The predicted octanol–water partition coefficient (Wildman–Crippen LogP) is 3.29. The van der Waals surface area contributed by atoms with E-state index in [4.69, 9.17) is 14.2 Å². The molecule has 0 amide bonds. The number of hydrogen-bond donors (Lipinski definition) is 2. The number of aliphatic imine (C=N–C) groups is 1. The van der Waals surface area contributed by atoms with Gasteiger partial charge in [0.1, 0.15) is 23.9 Å². The Morgan fingerprint density at radius 1 is 0.903 bits per heavy atom. The standard InChI is InChI=1S/C24H36N4O3/c1-6-28(7-2)14-15-31-22-11-9-8-10-19(22)17-26-24(25-3)27-18-20-12-13-21(29-4)16-23(20)30-5/h8-13,16H,6-7,14-15,17-18H2,1-5H3,(H2,25,26,27). The molecule has 0 spiro atoms. The molecule has 2 N–H and O–H groups in total. The highest BCUT2D eigenvalue weighted by molar-refractivity contribution is 5.79. The summed E-state index contributed by atoms with van der Waals surface area (Å²) in [6, 6.07) is 13.9. The number of para-hydroxylation sites is 1. The molecule has 0 aliphatic carbocycles. The largest absolute Gasteiger partial charge is 0.497 e. The first kappa shape index (κ1) is 24.3. The predicted molar refractivity (Wildman–Crippen MR) is 126 cm³/mol. The first-order valence-corrected chi connectivity index (χ1v) is 10.7. The van der Waals surface area contributed by atoms with Crippen LogP contribution in [0.5, 0.6) is 17.2 Å². The summed E-state index contributed by atoms with van der Waals surface area (Å²) < 4.78 is 16.8. The van der Waals surface area contributed by atoms with Gasteiger partial charge in [-0.25, -0.2) is 0 Å². The highest BCUT2D eigenvalue weighted by Crippen LogP contribution is 2.24. The minimum Gasteiger partial charge on any atom is -0.497 e. The van der Waals surface area contributed by atoms with E-state index in [1.165, 1.54) is 0 Å². The van der Waals surface area contributed by atoms with Crippen molar-refractivity contribution in [2.45, 2.75) is 26.9 Å². The minimum absolute atomic E-state index is 0.578. The molecule has 2 aromatic rings. The number of benzene rings is 2. The fraction of sp³-hybridized carbons (Fsp3) is 0.458. The summed E-state index contributed by atoms with van der Waals surface area (Å²) >= 11 is 0. The Labute approximate surface area is 186 Å². The van der Waals surface area contributed by atoms with Gasteiger partial charge in [-0.1, -0.05) is 32.0 Å². The third-order valence-electron chi connectivity index (χ3n) is 5.14. The van der Waals surface area contributed by atoms with Crippen molar-refractivity contribution < 1.29 is 14.2 Å². The highest BCUT2D eigenvalue weighted by atomic mass is 16.5. The molecule has 2 rings (SSSR count). The minimum atomic E-state index is 0.578. The zero-order valence-corrected chi connectivity index (χ0v) is 19.4. The molecule has 0 unspecified atom stereocenters. The zero-order chi connectivity index (χ0) is 22.5. The maximum atomic E-state index is 6.05. The quantitative estimate of drug-likeness (QED) is 0.399. The van der Waals surface area contributed by atoms with Gasteiger partial charge in [0.25, 0.3) is 0 Å². The molecule has 31 heavy (non-hydrogen) atoms. The van der Waals surface area contributed by atoms with Crippen molar-refractivity contribution in [3.63, 3.8) is 0 Å². The average molecular weight is 429 g/mol. The van der Waals surface area contributed by atoms with E-state index in [0.717, 1.165) is 48.0 Å². The van der Waals surface area contributed by atoms with E-state index in [1.54, 1.807) is 21.3 Å². The second kappa shape index (κ2) is 13.4. The van der Waals surface area contributed by atoms with Gasteiger partial charge in [-0.3, -0.25) is 4.99 Å². The lowest BCUT2D eigenvalue weighted by Gasteiger charge is -2.19. The summed E-state index contributed by atoms with van der Waals surface area (Å²) in [6.07, 6.45) is 0. The van der Waals surface area contributed by atoms with Crippen molar-refractivity contribution in [1.82, 2.24) is 15.5 Å². The molecule has 0 aliphatic heterocycles. The molecule has 0 aliphatic rings. The average Bonchev–Trinajstić information content (AvgIpc) is 2.82. The number of ether oxygens (including phenoxy) is 3. The first-order chi connectivity index (χ1) is 15.1. The monoisotopic (exact) mass is 428 g/mol. The van der Waals surface area contributed by atoms with Crippen LogP contribution < -0.4 is 24.8 Å². The maximum Gasteiger partial charge on any atom is 0.191 e. The normalized spacial score (nSPS) is 11.4. The van der Waals surface area contributed by atoms with Crippen molar-refractivity contribution in [1.29, 1.82) is 0 Å². The van der Waals surface area contributed by atoms with Crippen LogP contribution in [0.3, 0.4) is 0 Å². The number of hydrogen-bond acceptors (Lipinski definition) is 5. The van der Waals surface area contributed by atoms with E-state index in [-0.39, 0.29) is 0 Å². The van der Waals surface area contributed by atoms with Crippen LogP contribution in [0.2, 0.25) is 0 Å². The fourth-order valence-corrected chi connectivity index (χ4v) is 3.19. The molecule has 170 valence electrons. The second-order valence-electron chi connectivity index (χ2n) is 6.94. The lowest BCUT2D eigenvalue weighted by atomic mass is 10.2. The van der Waals surface area contributed by atoms with Gasteiger partial charge >= 0.3 is 0 Å². The molecule has 0 saturated carbocycles. The Morgan fingerprint density at radius 3 is 2.19 bits per heavy atom. The molecule has 0 radical (unpaired) electrons. The molecule has 0 aromatic heterocycles. The summed E-state index contributed by atoms with van der Waals surface area (Å²) in [5.41, 5.74) is 2.11. The van der Waals surface area contributed by atoms with Gasteiger partial charge in [0.2, 0.25) is 0 Å². The van der Waals surface area contributed by atoms with Gasteiger partial charge in [-0.05, 0) is 31.3 Å². The van der Waals surface area contributed by atoms with E-state index in [1.807, 2.05) is 36.4 Å². The van der Waals surface area contributed by atoms with E-state index in [9.17, 15) is 0 Å². The summed E-state index contributed by atoms with van der Waals surface area (Å²) in [7, 11) is 5.05. The summed E-state index contributed by atoms with van der Waals surface area (Å²) in [5, 5.41) is 6.69. The van der Waals surface area contributed by atoms with Crippen LogP contribution in [-0.2, 0) is 13.1 Å². The van der Waals surface area contributed by atoms with Crippen LogP contribution >= 0.6 is 0 Å². The Hall–Kier alpha value is -2.93. The van der Waals surface area contributed by atoms with E-state index < -0.39 is 0 Å². The third-order valence-corrected chi connectivity index (χ3v) is 5.14. The van der Waals surface area contributed by atoms with Gasteiger partial charge in [0.15, 0.2) is 5.96 Å². The van der Waals surface area contributed by atoms with Crippen LogP contribution in [0.4, 0.5) is 0 Å². The molecule has 7 nitrogen and oxygen atoms in total. The number of nitrogens with one attached hydrogen (secondary N) is 2. The topological polar surface area (TPSA) is 67.4 Å². The molecule has 7 heteroatoms. The lowest BCUT2D eigenvalue weighted by molar-refractivity contribution is 0.221. The van der Waals surface area contributed by atoms with Gasteiger partial charge in [0, 0.05) is 43.9 Å². The molecular weight excluding hydrogens is 392 g/mol. The second-order valence-corrected chi connectivity index (χ2v) is 6.94. The first-order valence-electron chi connectivity index (χ1n) is 10.7. The van der Waals surface area contributed by atoms with Crippen molar-refractivity contribution in [2.24, 2.45) is 4.99 Å². The number of rotatable bonds is 12. The molecule has 0 heterocycles. The van der Waals surface area contributed by atoms with Crippen LogP contribution in [0.25, 0.3) is 0 Å². The lowest BCUT2D eigenvalue weighted by Crippen LogP contribution is -2.36. The smallest absolute Gasteiger partial charge is 0.191 e. The van der Waals surface area contributed by atoms with E-state index in [2.05, 4.69) is 40.4 Å². The Balaban J connectivity index is 1.91. The molecule has 0 bridgehead atoms. The number of methoxy groups -OCH3 is 2. The van der Waals surface area contributed by atoms with Crippen molar-refractivity contribution in [3.05, 3.63) is 53.6 Å². The van der Waals surface area contributed by atoms with Gasteiger partial charge < -0.3 is 29.7 Å². The van der Waals surface area contributed by atoms with Crippen LogP contribution in [0.1, 0.15) is 25.0 Å². The summed E-state index contributed by atoms with van der Waals surface area (Å²) in [4.78, 5) is 6.67. The number of nitrogens with zero attached hydrogens (tertiary/aromatic N) is 2. The number of guanidine groups is 1. The van der Waals surface area contributed by atoms with Crippen molar-refractivity contribution in [2.75, 3.05) is 47.5 Å². The zero-order valence-electron chi connectivity index (χ0n) is 19.4. The molecule has 0 fully saturated rings. The van der Waals surface area contributed by atoms with E-state index >= 15 is 0 Å². The Morgan fingerprint density at radius 2 is 1.58 bits per heavy atom. The summed E-state index contributed by atoms with van der Waals surface area (Å²) in [5.74, 6) is 3.14. The van der Waals surface area contributed by atoms with Gasteiger partial charge in [-0.2, -0.15) is 0 Å². The van der Waals surface area contributed by atoms with Crippen molar-refractivity contribution in [3.8, 4) is 17.2 Å². The Kier molecular flexibility index (Phi) is 10.5. The molecule has 2 aromatic carbocycles. The van der Waals surface area contributed by atoms with Gasteiger partial charge in [-0.15, -0.1) is 0 Å². The fourth-order valence-electron chi connectivity index (χ4n) is 3.19. The van der Waals surface area contributed by atoms with Crippen LogP contribution in [0, 0.1) is 0 Å². The Bertz CT molecular complexity index is 822. The van der Waals surface area contributed by atoms with Crippen molar-refractivity contribution >= 4 is 5.96 Å². The molecule has 0 atom stereocenters. The molecule has 0 saturated heterocycles. The maximum absolute atomic E-state index is 6.05. The van der Waals surface area contributed by atoms with Gasteiger partial charge in [0.05, 0.1) is 14.2 Å².